The molecule has 0 bridgehead atoms. The average molecular weight is 294 g/mol. The van der Waals surface area contributed by atoms with Crippen LogP contribution in [0.5, 0.6) is 0 Å². The molecule has 19 heavy (non-hydrogen) atoms. The molecule has 0 saturated carbocycles. The van der Waals surface area contributed by atoms with Gasteiger partial charge in [-0.15, -0.1) is 0 Å². The van der Waals surface area contributed by atoms with E-state index in [1.54, 1.807) is 18.9 Å². The van der Waals surface area contributed by atoms with Crippen LogP contribution in [0.2, 0.25) is 0 Å². The number of methoxy groups -OCH3 is 1. The van der Waals surface area contributed by atoms with Crippen LogP contribution >= 0.6 is 23.3 Å². The van der Waals surface area contributed by atoms with E-state index in [-0.39, 0.29) is 5.41 Å². The van der Waals surface area contributed by atoms with Gasteiger partial charge in [0.1, 0.15) is 5.82 Å². The number of rotatable bonds is 4. The second-order valence-electron chi connectivity index (χ2n) is 5.31. The van der Waals surface area contributed by atoms with Gasteiger partial charge < -0.3 is 4.74 Å². The Labute approximate surface area is 122 Å². The van der Waals surface area contributed by atoms with Gasteiger partial charge in [-0.3, -0.25) is 0 Å². The SMILES string of the molecule is COCc1ccc(Sc2nc(C(C)(C)C)ns2)cc1. The molecule has 1 aromatic heterocycles. The molecule has 2 rings (SSSR count). The zero-order chi connectivity index (χ0) is 13.9. The van der Waals surface area contributed by atoms with Gasteiger partial charge in [0, 0.05) is 17.4 Å². The van der Waals surface area contributed by atoms with Crippen molar-refractivity contribution in [3.8, 4) is 0 Å². The van der Waals surface area contributed by atoms with Crippen LogP contribution in [0.4, 0.5) is 0 Å². The molecule has 0 saturated heterocycles. The molecule has 3 nitrogen and oxygen atoms in total. The van der Waals surface area contributed by atoms with Crippen LogP contribution in [-0.4, -0.2) is 16.5 Å². The van der Waals surface area contributed by atoms with E-state index in [9.17, 15) is 0 Å². The highest BCUT2D eigenvalue weighted by Crippen LogP contribution is 2.31. The summed E-state index contributed by atoms with van der Waals surface area (Å²) in [6.07, 6.45) is 0. The molecule has 2 aromatic rings. The van der Waals surface area contributed by atoms with Crippen molar-refractivity contribution in [2.24, 2.45) is 0 Å². The van der Waals surface area contributed by atoms with E-state index in [2.05, 4.69) is 54.4 Å². The molecule has 0 amide bonds. The summed E-state index contributed by atoms with van der Waals surface area (Å²) < 4.78 is 10.5. The van der Waals surface area contributed by atoms with Gasteiger partial charge in [0.2, 0.25) is 0 Å². The summed E-state index contributed by atoms with van der Waals surface area (Å²) in [7, 11) is 1.71. The van der Waals surface area contributed by atoms with Crippen molar-refractivity contribution < 1.29 is 4.74 Å². The Morgan fingerprint density at radius 1 is 1.21 bits per heavy atom. The van der Waals surface area contributed by atoms with E-state index < -0.39 is 0 Å². The predicted molar refractivity (Wildman–Crippen MR) is 79.9 cm³/mol. The van der Waals surface area contributed by atoms with E-state index in [0.29, 0.717) is 6.61 Å². The number of ether oxygens (including phenoxy) is 1. The molecule has 0 N–H and O–H groups in total. The van der Waals surface area contributed by atoms with E-state index in [1.807, 2.05) is 0 Å². The monoisotopic (exact) mass is 294 g/mol. The fourth-order valence-electron chi connectivity index (χ4n) is 1.48. The van der Waals surface area contributed by atoms with Crippen LogP contribution in [0.15, 0.2) is 33.5 Å². The quantitative estimate of drug-likeness (QED) is 0.849. The molecule has 0 aliphatic carbocycles. The van der Waals surface area contributed by atoms with Crippen LogP contribution in [0.1, 0.15) is 32.2 Å². The third kappa shape index (κ3) is 4.03. The summed E-state index contributed by atoms with van der Waals surface area (Å²) in [5.41, 5.74) is 1.19. The minimum absolute atomic E-state index is 0.0115. The lowest BCUT2D eigenvalue weighted by Gasteiger charge is -2.12. The fraction of sp³-hybridized carbons (Fsp3) is 0.429. The lowest BCUT2D eigenvalue weighted by Crippen LogP contribution is -2.12. The number of aromatic nitrogens is 2. The lowest BCUT2D eigenvalue weighted by molar-refractivity contribution is 0.185. The number of nitrogens with zero attached hydrogens (tertiary/aromatic N) is 2. The lowest BCUT2D eigenvalue weighted by atomic mass is 9.96. The number of hydrogen-bond donors (Lipinski definition) is 0. The van der Waals surface area contributed by atoms with Gasteiger partial charge in [-0.25, -0.2) is 4.98 Å². The van der Waals surface area contributed by atoms with Crippen LogP contribution in [-0.2, 0) is 16.8 Å². The zero-order valence-corrected chi connectivity index (χ0v) is 13.3. The normalized spacial score (nSPS) is 11.8. The van der Waals surface area contributed by atoms with Gasteiger partial charge in [0.05, 0.1) is 6.61 Å². The molecule has 0 aliphatic rings. The van der Waals surface area contributed by atoms with Gasteiger partial charge in [0.25, 0.3) is 0 Å². The van der Waals surface area contributed by atoms with E-state index >= 15 is 0 Å². The summed E-state index contributed by atoms with van der Waals surface area (Å²) in [6.45, 7) is 7.03. The van der Waals surface area contributed by atoms with Gasteiger partial charge in [-0.2, -0.15) is 4.37 Å². The Kier molecular flexibility index (Phi) is 4.60. The van der Waals surface area contributed by atoms with Crippen molar-refractivity contribution in [1.82, 2.24) is 9.36 Å². The van der Waals surface area contributed by atoms with Crippen molar-refractivity contribution >= 4 is 23.3 Å². The molecular formula is C14H18N2OS2. The first-order valence-corrected chi connectivity index (χ1v) is 7.68. The van der Waals surface area contributed by atoms with Gasteiger partial charge in [-0.1, -0.05) is 44.7 Å². The Morgan fingerprint density at radius 2 is 1.89 bits per heavy atom. The topological polar surface area (TPSA) is 35.0 Å². The highest BCUT2D eigenvalue weighted by atomic mass is 32.2. The maximum absolute atomic E-state index is 5.10. The van der Waals surface area contributed by atoms with Crippen molar-refractivity contribution in [3.63, 3.8) is 0 Å². The van der Waals surface area contributed by atoms with Crippen molar-refractivity contribution in [3.05, 3.63) is 35.7 Å². The molecule has 0 unspecified atom stereocenters. The van der Waals surface area contributed by atoms with Crippen LogP contribution in [0, 0.1) is 0 Å². The Balaban J connectivity index is 2.06. The second-order valence-corrected chi connectivity index (χ2v) is 7.39. The average Bonchev–Trinajstić information content (AvgIpc) is 2.80. The zero-order valence-electron chi connectivity index (χ0n) is 11.6. The van der Waals surface area contributed by atoms with E-state index in [4.69, 9.17) is 4.74 Å². The highest BCUT2D eigenvalue weighted by molar-refractivity contribution is 8.01. The van der Waals surface area contributed by atoms with Crippen LogP contribution in [0.3, 0.4) is 0 Å². The van der Waals surface area contributed by atoms with Crippen molar-refractivity contribution in [2.45, 2.75) is 42.0 Å². The van der Waals surface area contributed by atoms with Crippen LogP contribution < -0.4 is 0 Å². The van der Waals surface area contributed by atoms with Crippen molar-refractivity contribution in [1.29, 1.82) is 0 Å². The van der Waals surface area contributed by atoms with Crippen molar-refractivity contribution in [2.75, 3.05) is 7.11 Å². The van der Waals surface area contributed by atoms with Gasteiger partial charge in [-0.05, 0) is 29.2 Å². The Morgan fingerprint density at radius 3 is 2.42 bits per heavy atom. The second kappa shape index (κ2) is 6.03. The summed E-state index contributed by atoms with van der Waals surface area (Å²) in [5.74, 6) is 0.913. The molecule has 0 atom stereocenters. The molecule has 0 aliphatic heterocycles. The maximum Gasteiger partial charge on any atom is 0.174 e. The van der Waals surface area contributed by atoms with Crippen LogP contribution in [0.25, 0.3) is 0 Å². The Hall–Kier alpha value is -0.910. The first-order chi connectivity index (χ1) is 8.99. The summed E-state index contributed by atoms with van der Waals surface area (Å²) in [4.78, 5) is 5.76. The third-order valence-corrected chi connectivity index (χ3v) is 4.28. The predicted octanol–water partition coefficient (Wildman–Crippen LogP) is 4.13. The molecule has 0 fully saturated rings. The molecule has 0 radical (unpaired) electrons. The first-order valence-electron chi connectivity index (χ1n) is 6.09. The molecule has 0 spiro atoms. The Bertz CT molecular complexity index is 529. The molecule has 1 aromatic carbocycles. The van der Waals surface area contributed by atoms with Gasteiger partial charge in [0.15, 0.2) is 4.34 Å². The highest BCUT2D eigenvalue weighted by Gasteiger charge is 2.19. The first kappa shape index (κ1) is 14.5. The summed E-state index contributed by atoms with van der Waals surface area (Å²) in [5, 5.41) is 0. The number of benzene rings is 1. The summed E-state index contributed by atoms with van der Waals surface area (Å²) >= 11 is 3.12. The minimum Gasteiger partial charge on any atom is -0.380 e. The third-order valence-electron chi connectivity index (χ3n) is 2.52. The van der Waals surface area contributed by atoms with E-state index in [1.165, 1.54) is 22.0 Å². The molecule has 5 heteroatoms. The number of hydrogen-bond acceptors (Lipinski definition) is 5. The van der Waals surface area contributed by atoms with E-state index in [0.717, 1.165) is 10.2 Å². The summed E-state index contributed by atoms with van der Waals surface area (Å²) in [6, 6.07) is 8.35. The molecule has 102 valence electrons. The standard InChI is InChI=1S/C14H18N2OS2/c1-14(2,3)12-15-13(19-16-12)18-11-7-5-10(6-8-11)9-17-4/h5-8H,9H2,1-4H3. The molecule has 1 heterocycles. The largest absolute Gasteiger partial charge is 0.380 e. The van der Waals surface area contributed by atoms with Gasteiger partial charge >= 0.3 is 0 Å². The molecular weight excluding hydrogens is 276 g/mol. The minimum atomic E-state index is 0.0115. The fourth-order valence-corrected chi connectivity index (χ4v) is 3.24. The smallest absolute Gasteiger partial charge is 0.174 e. The maximum atomic E-state index is 5.10.